The first-order valence-corrected chi connectivity index (χ1v) is 10.6. The van der Waals surface area contributed by atoms with E-state index in [1.807, 2.05) is 0 Å². The summed E-state index contributed by atoms with van der Waals surface area (Å²) < 4.78 is 42.1. The molecule has 2 aromatic heterocycles. The molecule has 4 rings (SSSR count). The zero-order valence-corrected chi connectivity index (χ0v) is 18.9. The van der Waals surface area contributed by atoms with E-state index in [0.29, 0.717) is 28.2 Å². The average molecular weight is 491 g/mol. The zero-order valence-electron chi connectivity index (χ0n) is 18.9. The topological polar surface area (TPSA) is 132 Å². The standard InChI is InChI=1S/C25H20F3N7O/c1-14-11-16(5-6-17(14)21-8-10-32-24(30)35-21)33-23(36)18(12-29)22(25(26,27)28)34-20-4-2-3-15-7-9-31-13-19(15)20/h2-13H,29H2,1H3,(H,33,36)(H2,30,32,35). The zero-order chi connectivity index (χ0) is 25.9. The van der Waals surface area contributed by atoms with Gasteiger partial charge in [-0.1, -0.05) is 18.2 Å². The van der Waals surface area contributed by atoms with Crippen LogP contribution in [0.3, 0.4) is 0 Å². The molecule has 11 heteroatoms. The molecule has 0 bridgehead atoms. The van der Waals surface area contributed by atoms with E-state index in [1.165, 1.54) is 30.7 Å². The third kappa shape index (κ3) is 5.14. The van der Waals surface area contributed by atoms with Crippen LogP contribution in [0.15, 0.2) is 83.9 Å². The Bertz CT molecular complexity index is 1510. The maximum atomic E-state index is 14.0. The van der Waals surface area contributed by atoms with E-state index in [2.05, 4.69) is 25.3 Å². The lowest BCUT2D eigenvalue weighted by Crippen LogP contribution is -2.32. The highest BCUT2D eigenvalue weighted by molar-refractivity contribution is 6.27. The highest BCUT2D eigenvalue weighted by Crippen LogP contribution is 2.31. The molecule has 0 aliphatic heterocycles. The van der Waals surface area contributed by atoms with Crippen LogP contribution in [0.1, 0.15) is 5.56 Å². The Balaban J connectivity index is 1.67. The second kappa shape index (κ2) is 9.82. The lowest BCUT2D eigenvalue weighted by Gasteiger charge is -2.15. The Hall–Kier alpha value is -4.80. The van der Waals surface area contributed by atoms with Gasteiger partial charge in [-0.05, 0) is 48.2 Å². The summed E-state index contributed by atoms with van der Waals surface area (Å²) in [6, 6.07) is 12.8. The van der Waals surface area contributed by atoms with Gasteiger partial charge in [-0.15, -0.1) is 0 Å². The molecule has 0 atom stereocenters. The molecule has 2 heterocycles. The Morgan fingerprint density at radius 1 is 1.11 bits per heavy atom. The van der Waals surface area contributed by atoms with E-state index in [1.54, 1.807) is 43.3 Å². The van der Waals surface area contributed by atoms with Crippen LogP contribution in [-0.4, -0.2) is 32.7 Å². The molecule has 8 nitrogen and oxygen atoms in total. The van der Waals surface area contributed by atoms with E-state index in [9.17, 15) is 18.0 Å². The number of carbonyl (C=O) groups excluding carboxylic acids is 1. The van der Waals surface area contributed by atoms with Gasteiger partial charge in [0.05, 0.1) is 17.0 Å². The number of aryl methyl sites for hydroxylation is 1. The quantitative estimate of drug-likeness (QED) is 0.274. The molecule has 5 N–H and O–H groups in total. The van der Waals surface area contributed by atoms with Gasteiger partial charge in [0.25, 0.3) is 5.91 Å². The number of nitrogens with zero attached hydrogens (tertiary/aromatic N) is 4. The Kier molecular flexibility index (Phi) is 6.64. The molecular weight excluding hydrogens is 471 g/mol. The van der Waals surface area contributed by atoms with Gasteiger partial charge in [0.2, 0.25) is 5.95 Å². The summed E-state index contributed by atoms with van der Waals surface area (Å²) in [7, 11) is 0. The van der Waals surface area contributed by atoms with Gasteiger partial charge >= 0.3 is 6.18 Å². The van der Waals surface area contributed by atoms with Crippen LogP contribution < -0.4 is 16.8 Å². The van der Waals surface area contributed by atoms with Crippen molar-refractivity contribution in [2.45, 2.75) is 13.1 Å². The minimum atomic E-state index is -4.96. The van der Waals surface area contributed by atoms with Gasteiger partial charge in [0, 0.05) is 41.4 Å². The number of amides is 1. The van der Waals surface area contributed by atoms with E-state index in [0.717, 1.165) is 5.56 Å². The number of halogens is 3. The highest BCUT2D eigenvalue weighted by Gasteiger charge is 2.40. The first-order chi connectivity index (χ1) is 17.2. The number of carbonyl (C=O) groups is 1. The summed E-state index contributed by atoms with van der Waals surface area (Å²) >= 11 is 0. The minimum Gasteiger partial charge on any atom is -0.404 e. The van der Waals surface area contributed by atoms with Gasteiger partial charge < -0.3 is 16.8 Å². The molecule has 182 valence electrons. The number of nitrogen functional groups attached to an aromatic ring is 1. The maximum Gasteiger partial charge on any atom is 0.434 e. The number of pyridine rings is 1. The monoisotopic (exact) mass is 491 g/mol. The summed E-state index contributed by atoms with van der Waals surface area (Å²) in [6.07, 6.45) is 0.0699. The number of fused-ring (bicyclic) bond motifs is 1. The lowest BCUT2D eigenvalue weighted by molar-refractivity contribution is -0.113. The fraction of sp³-hybridized carbons (Fsp3) is 0.0800. The first-order valence-electron chi connectivity index (χ1n) is 10.6. The maximum absolute atomic E-state index is 14.0. The van der Waals surface area contributed by atoms with Crippen LogP contribution >= 0.6 is 0 Å². The van der Waals surface area contributed by atoms with Crippen molar-refractivity contribution in [3.05, 3.63) is 84.5 Å². The average Bonchev–Trinajstić information content (AvgIpc) is 2.83. The molecule has 4 aromatic rings. The Labute approximate surface area is 203 Å². The SMILES string of the molecule is Cc1cc(NC(=O)C(=CN)C(=Nc2cccc3ccncc23)C(F)(F)F)ccc1-c1ccnc(N)n1. The van der Waals surface area contributed by atoms with E-state index in [-0.39, 0.29) is 17.3 Å². The van der Waals surface area contributed by atoms with E-state index < -0.39 is 23.4 Å². The molecule has 1 amide bonds. The van der Waals surface area contributed by atoms with Crippen LogP contribution in [0, 0.1) is 6.92 Å². The smallest absolute Gasteiger partial charge is 0.404 e. The summed E-state index contributed by atoms with van der Waals surface area (Å²) in [5.41, 5.74) is 11.1. The van der Waals surface area contributed by atoms with Crippen molar-refractivity contribution >= 4 is 39.7 Å². The van der Waals surface area contributed by atoms with Crippen LogP contribution in [0.25, 0.3) is 22.0 Å². The number of alkyl halides is 3. The largest absolute Gasteiger partial charge is 0.434 e. The van der Waals surface area contributed by atoms with Crippen molar-refractivity contribution in [3.8, 4) is 11.3 Å². The van der Waals surface area contributed by atoms with Crippen molar-refractivity contribution in [3.63, 3.8) is 0 Å². The van der Waals surface area contributed by atoms with E-state index >= 15 is 0 Å². The summed E-state index contributed by atoms with van der Waals surface area (Å²) in [6.45, 7) is 1.76. The molecular formula is C25H20F3N7O. The molecule has 0 unspecified atom stereocenters. The molecule has 0 radical (unpaired) electrons. The number of anilines is 2. The first kappa shape index (κ1) is 24.3. The van der Waals surface area contributed by atoms with Gasteiger partial charge in [0.1, 0.15) is 0 Å². The van der Waals surface area contributed by atoms with Crippen molar-refractivity contribution in [1.82, 2.24) is 15.0 Å². The normalized spacial score (nSPS) is 12.6. The third-order valence-electron chi connectivity index (χ3n) is 5.26. The predicted octanol–water partition coefficient (Wildman–Crippen LogP) is 4.70. The molecule has 0 spiro atoms. The summed E-state index contributed by atoms with van der Waals surface area (Å²) in [4.78, 5) is 28.7. The Morgan fingerprint density at radius 2 is 1.92 bits per heavy atom. The predicted molar refractivity (Wildman–Crippen MR) is 132 cm³/mol. The van der Waals surface area contributed by atoms with Crippen LogP contribution in [0.2, 0.25) is 0 Å². The highest BCUT2D eigenvalue weighted by atomic mass is 19.4. The van der Waals surface area contributed by atoms with Gasteiger partial charge in [-0.25, -0.2) is 15.0 Å². The van der Waals surface area contributed by atoms with Crippen molar-refractivity contribution in [2.75, 3.05) is 11.1 Å². The second-order valence-electron chi connectivity index (χ2n) is 7.70. The third-order valence-corrected chi connectivity index (χ3v) is 5.26. The van der Waals surface area contributed by atoms with Crippen molar-refractivity contribution in [1.29, 1.82) is 0 Å². The number of hydrogen-bond acceptors (Lipinski definition) is 7. The molecule has 36 heavy (non-hydrogen) atoms. The van der Waals surface area contributed by atoms with Gasteiger partial charge in [-0.2, -0.15) is 13.2 Å². The number of aliphatic imine (C=N–C) groups is 1. The van der Waals surface area contributed by atoms with Crippen molar-refractivity contribution in [2.24, 2.45) is 10.7 Å². The minimum absolute atomic E-state index is 0.00407. The number of benzene rings is 2. The number of nitrogens with two attached hydrogens (primary N) is 2. The van der Waals surface area contributed by atoms with E-state index in [4.69, 9.17) is 11.5 Å². The molecule has 2 aromatic carbocycles. The fourth-order valence-electron chi connectivity index (χ4n) is 3.60. The molecule has 0 fully saturated rings. The number of rotatable bonds is 5. The number of hydrogen-bond donors (Lipinski definition) is 3. The number of aromatic nitrogens is 3. The molecule has 0 saturated heterocycles. The summed E-state index contributed by atoms with van der Waals surface area (Å²) in [5.74, 6) is -0.965. The van der Waals surface area contributed by atoms with Gasteiger partial charge in [-0.3, -0.25) is 9.78 Å². The molecule has 0 aliphatic rings. The van der Waals surface area contributed by atoms with Gasteiger partial charge in [0.15, 0.2) is 5.71 Å². The fourth-order valence-corrected chi connectivity index (χ4v) is 3.60. The number of nitrogens with one attached hydrogen (secondary N) is 1. The molecule has 0 saturated carbocycles. The van der Waals surface area contributed by atoms with Crippen molar-refractivity contribution < 1.29 is 18.0 Å². The van der Waals surface area contributed by atoms with Crippen LogP contribution in [-0.2, 0) is 4.79 Å². The van der Waals surface area contributed by atoms with Crippen LogP contribution in [0.4, 0.5) is 30.5 Å². The Morgan fingerprint density at radius 3 is 2.61 bits per heavy atom. The summed E-state index contributed by atoms with van der Waals surface area (Å²) in [5, 5.41) is 3.51. The second-order valence-corrected chi connectivity index (χ2v) is 7.70. The molecule has 0 aliphatic carbocycles. The lowest BCUT2D eigenvalue weighted by atomic mass is 10.0. The van der Waals surface area contributed by atoms with Crippen LogP contribution in [0.5, 0.6) is 0 Å².